The third-order valence-corrected chi connectivity index (χ3v) is 3.00. The molecule has 0 radical (unpaired) electrons. The van der Waals surface area contributed by atoms with E-state index in [1.165, 1.54) is 16.9 Å². The maximum absolute atomic E-state index is 11.9. The summed E-state index contributed by atoms with van der Waals surface area (Å²) in [5, 5.41) is 15.7. The van der Waals surface area contributed by atoms with E-state index in [2.05, 4.69) is 10.4 Å². The van der Waals surface area contributed by atoms with Crippen molar-refractivity contribution in [3.63, 3.8) is 0 Å². The predicted molar refractivity (Wildman–Crippen MR) is 78.6 cm³/mol. The Kier molecular flexibility index (Phi) is 4.18. The van der Waals surface area contributed by atoms with E-state index in [-0.39, 0.29) is 11.6 Å². The Morgan fingerprint density at radius 1 is 1.29 bits per heavy atom. The van der Waals surface area contributed by atoms with Crippen molar-refractivity contribution in [3.8, 4) is 5.69 Å². The number of allylic oxidation sites excluding steroid dienone is 1. The van der Waals surface area contributed by atoms with Crippen molar-refractivity contribution >= 4 is 17.6 Å². The summed E-state index contributed by atoms with van der Waals surface area (Å²) in [5.41, 5.74) is 1.70. The number of carbonyl (C=O) groups is 2. The third kappa shape index (κ3) is 3.17. The van der Waals surface area contributed by atoms with Gasteiger partial charge in [-0.15, -0.1) is 0 Å². The Morgan fingerprint density at radius 2 is 2.00 bits per heavy atom. The van der Waals surface area contributed by atoms with E-state index in [1.807, 2.05) is 0 Å². The highest BCUT2D eigenvalue weighted by Crippen LogP contribution is 2.20. The number of carboxylic acid groups (broad SMARTS) is 1. The van der Waals surface area contributed by atoms with Gasteiger partial charge in [-0.05, 0) is 32.0 Å². The second kappa shape index (κ2) is 6.04. The second-order valence-corrected chi connectivity index (χ2v) is 4.39. The van der Waals surface area contributed by atoms with Crippen LogP contribution in [0.3, 0.4) is 0 Å². The number of hydrogen-bond donors (Lipinski definition) is 2. The number of aromatic nitrogens is 2. The zero-order chi connectivity index (χ0) is 15.4. The first-order chi connectivity index (χ1) is 10.0. The minimum atomic E-state index is -1.10. The summed E-state index contributed by atoms with van der Waals surface area (Å²) < 4.78 is 1.42. The van der Waals surface area contributed by atoms with Gasteiger partial charge in [0.15, 0.2) is 5.69 Å². The number of aromatic carboxylic acids is 1. The van der Waals surface area contributed by atoms with E-state index < -0.39 is 5.97 Å². The van der Waals surface area contributed by atoms with E-state index in [1.54, 1.807) is 44.2 Å². The molecule has 2 rings (SSSR count). The number of benzene rings is 1. The average molecular weight is 285 g/mol. The number of nitrogens with one attached hydrogen (secondary N) is 1. The number of para-hydroxylation sites is 2. The van der Waals surface area contributed by atoms with Crippen LogP contribution in [0.5, 0.6) is 0 Å². The minimum absolute atomic E-state index is 0.0548. The molecule has 1 heterocycles. The molecule has 2 aromatic rings. The molecule has 0 unspecified atom stereocenters. The van der Waals surface area contributed by atoms with Crippen LogP contribution in [0, 0.1) is 0 Å². The van der Waals surface area contributed by atoms with Gasteiger partial charge < -0.3 is 10.4 Å². The first-order valence-corrected chi connectivity index (χ1v) is 6.35. The van der Waals surface area contributed by atoms with Gasteiger partial charge in [-0.2, -0.15) is 5.10 Å². The molecule has 1 aromatic heterocycles. The highest BCUT2D eigenvalue weighted by atomic mass is 16.4. The number of amides is 1. The van der Waals surface area contributed by atoms with Crippen molar-refractivity contribution in [3.05, 3.63) is 53.9 Å². The summed E-state index contributed by atoms with van der Waals surface area (Å²) in [4.78, 5) is 22.8. The van der Waals surface area contributed by atoms with Crippen molar-refractivity contribution in [2.75, 3.05) is 5.32 Å². The van der Waals surface area contributed by atoms with Gasteiger partial charge in [0, 0.05) is 11.8 Å². The van der Waals surface area contributed by atoms with Gasteiger partial charge in [0.1, 0.15) is 0 Å². The lowest BCUT2D eigenvalue weighted by Crippen LogP contribution is -2.14. The monoisotopic (exact) mass is 285 g/mol. The number of nitrogens with zero attached hydrogens (tertiary/aromatic N) is 2. The number of hydrogen-bond acceptors (Lipinski definition) is 3. The van der Waals surface area contributed by atoms with Crippen molar-refractivity contribution < 1.29 is 14.7 Å². The highest BCUT2D eigenvalue weighted by molar-refractivity contribution is 6.04. The van der Waals surface area contributed by atoms with Crippen LogP contribution in [0.1, 0.15) is 24.3 Å². The standard InChI is InChI=1S/C15H15N3O3/c1-3-10(2)14(19)16-11-6-4-5-7-13(11)18-9-8-12(17-18)15(20)21/h3-9H,1-2H3,(H,16,19)(H,20,21)/b10-3-. The first kappa shape index (κ1) is 14.5. The zero-order valence-electron chi connectivity index (χ0n) is 11.7. The average Bonchev–Trinajstić information content (AvgIpc) is 2.96. The molecule has 0 aliphatic carbocycles. The fraction of sp³-hybridized carbons (Fsp3) is 0.133. The molecule has 0 aliphatic heterocycles. The Labute approximate surface area is 121 Å². The van der Waals surface area contributed by atoms with Crippen LogP contribution in [0.25, 0.3) is 5.69 Å². The largest absolute Gasteiger partial charge is 0.476 e. The van der Waals surface area contributed by atoms with Gasteiger partial charge in [0.25, 0.3) is 5.91 Å². The van der Waals surface area contributed by atoms with Gasteiger partial charge in [0.2, 0.25) is 0 Å². The molecular weight excluding hydrogens is 270 g/mol. The van der Waals surface area contributed by atoms with Gasteiger partial charge in [-0.25, -0.2) is 9.48 Å². The predicted octanol–water partition coefficient (Wildman–Crippen LogP) is 2.48. The van der Waals surface area contributed by atoms with E-state index in [0.29, 0.717) is 16.9 Å². The van der Waals surface area contributed by atoms with Crippen LogP contribution in [0.15, 0.2) is 48.2 Å². The molecule has 0 spiro atoms. The molecule has 0 saturated carbocycles. The molecule has 0 bridgehead atoms. The Balaban J connectivity index is 2.36. The summed E-state index contributed by atoms with van der Waals surface area (Å²) in [7, 11) is 0. The van der Waals surface area contributed by atoms with Gasteiger partial charge in [-0.1, -0.05) is 18.2 Å². The fourth-order valence-corrected chi connectivity index (χ4v) is 1.70. The minimum Gasteiger partial charge on any atom is -0.476 e. The van der Waals surface area contributed by atoms with Crippen LogP contribution in [-0.2, 0) is 4.79 Å². The molecule has 2 N–H and O–H groups in total. The third-order valence-electron chi connectivity index (χ3n) is 3.00. The van der Waals surface area contributed by atoms with E-state index in [4.69, 9.17) is 5.11 Å². The number of carbonyl (C=O) groups excluding carboxylic acids is 1. The smallest absolute Gasteiger partial charge is 0.356 e. The summed E-state index contributed by atoms with van der Waals surface area (Å²) >= 11 is 0. The van der Waals surface area contributed by atoms with Gasteiger partial charge >= 0.3 is 5.97 Å². The second-order valence-electron chi connectivity index (χ2n) is 4.39. The number of carboxylic acids is 1. The molecular formula is C15H15N3O3. The summed E-state index contributed by atoms with van der Waals surface area (Å²) in [6.07, 6.45) is 3.26. The molecule has 1 amide bonds. The van der Waals surface area contributed by atoms with Gasteiger partial charge in [-0.3, -0.25) is 4.79 Å². The molecule has 6 nitrogen and oxygen atoms in total. The lowest BCUT2D eigenvalue weighted by Gasteiger charge is -2.11. The van der Waals surface area contributed by atoms with Crippen LogP contribution in [-0.4, -0.2) is 26.8 Å². The van der Waals surface area contributed by atoms with Crippen LogP contribution in [0.4, 0.5) is 5.69 Å². The van der Waals surface area contributed by atoms with Crippen LogP contribution in [0.2, 0.25) is 0 Å². The zero-order valence-corrected chi connectivity index (χ0v) is 11.7. The normalized spacial score (nSPS) is 11.2. The Bertz CT molecular complexity index is 716. The Morgan fingerprint density at radius 3 is 2.62 bits per heavy atom. The van der Waals surface area contributed by atoms with Crippen LogP contribution < -0.4 is 5.32 Å². The molecule has 21 heavy (non-hydrogen) atoms. The van der Waals surface area contributed by atoms with E-state index >= 15 is 0 Å². The fourth-order valence-electron chi connectivity index (χ4n) is 1.70. The first-order valence-electron chi connectivity index (χ1n) is 6.35. The van der Waals surface area contributed by atoms with E-state index in [9.17, 15) is 9.59 Å². The van der Waals surface area contributed by atoms with Crippen LogP contribution >= 0.6 is 0 Å². The topological polar surface area (TPSA) is 84.2 Å². The Hall–Kier alpha value is -2.89. The quantitative estimate of drug-likeness (QED) is 0.845. The maximum Gasteiger partial charge on any atom is 0.356 e. The lowest BCUT2D eigenvalue weighted by molar-refractivity contribution is -0.112. The molecule has 0 atom stereocenters. The lowest BCUT2D eigenvalue weighted by atomic mass is 10.2. The molecule has 1 aromatic carbocycles. The summed E-state index contributed by atoms with van der Waals surface area (Å²) in [6, 6.07) is 8.46. The number of rotatable bonds is 4. The van der Waals surface area contributed by atoms with Crippen molar-refractivity contribution in [2.24, 2.45) is 0 Å². The molecule has 6 heteroatoms. The van der Waals surface area contributed by atoms with E-state index in [0.717, 1.165) is 0 Å². The summed E-state index contributed by atoms with van der Waals surface area (Å²) in [5.74, 6) is -1.31. The molecule has 0 aliphatic rings. The van der Waals surface area contributed by atoms with Crippen molar-refractivity contribution in [1.82, 2.24) is 9.78 Å². The van der Waals surface area contributed by atoms with Gasteiger partial charge in [0.05, 0.1) is 11.4 Å². The summed E-state index contributed by atoms with van der Waals surface area (Å²) in [6.45, 7) is 3.50. The molecule has 0 saturated heterocycles. The van der Waals surface area contributed by atoms with Crippen molar-refractivity contribution in [2.45, 2.75) is 13.8 Å². The molecule has 0 fully saturated rings. The van der Waals surface area contributed by atoms with Crippen molar-refractivity contribution in [1.29, 1.82) is 0 Å². The highest BCUT2D eigenvalue weighted by Gasteiger charge is 2.12. The SMILES string of the molecule is C/C=C(/C)C(=O)Nc1ccccc1-n1ccc(C(=O)O)n1. The maximum atomic E-state index is 11.9. The number of anilines is 1. The molecule has 108 valence electrons.